The fraction of sp³-hybridized carbons (Fsp3) is 0.452. The first-order valence-corrected chi connectivity index (χ1v) is 15.5. The first kappa shape index (κ1) is 32.5. The van der Waals surface area contributed by atoms with E-state index in [1.54, 1.807) is 25.1 Å². The number of likely N-dealkylation sites (tertiary alicyclic amines) is 1. The number of nitrogens with one attached hydrogen (secondary N) is 3. The van der Waals surface area contributed by atoms with Crippen molar-refractivity contribution in [3.63, 3.8) is 0 Å². The summed E-state index contributed by atoms with van der Waals surface area (Å²) in [5.41, 5.74) is 4.06. The molecule has 0 bridgehead atoms. The molecule has 1 aromatic heterocycles. The monoisotopic (exact) mass is 595 g/mol. The number of aliphatic imine (C=N–C) groups is 1. The zero-order valence-electron chi connectivity index (χ0n) is 24.5. The van der Waals surface area contributed by atoms with Crippen LogP contribution in [0.25, 0.3) is 0 Å². The molecule has 0 spiro atoms. The molecule has 220 valence electrons. The van der Waals surface area contributed by atoms with Gasteiger partial charge in [0.25, 0.3) is 0 Å². The topological polar surface area (TPSA) is 101 Å². The van der Waals surface area contributed by atoms with Gasteiger partial charge in [-0.2, -0.15) is 17.0 Å². The van der Waals surface area contributed by atoms with Crippen LogP contribution >= 0.6 is 23.4 Å². The molecule has 10 heteroatoms. The molecule has 0 amide bonds. The predicted molar refractivity (Wildman–Crippen MR) is 170 cm³/mol. The van der Waals surface area contributed by atoms with E-state index < -0.39 is 5.60 Å². The van der Waals surface area contributed by atoms with Crippen molar-refractivity contribution in [3.05, 3.63) is 88.5 Å². The molecule has 4 rings (SSSR count). The molecule has 0 unspecified atom stereocenters. The molecule has 8 nitrogen and oxygen atoms in total. The van der Waals surface area contributed by atoms with Crippen LogP contribution in [-0.4, -0.2) is 66.4 Å². The van der Waals surface area contributed by atoms with Crippen molar-refractivity contribution >= 4 is 29.3 Å². The smallest absolute Gasteiger partial charge is 0.204 e. The SMILES string of the molecule is CN1CCC[C@@H]1CCO[C@](C)(c1ccccc1)c1ccc(Cl)cc1.CN=C(NC#N)NCCSCc1nc[nH]c1C. The summed E-state index contributed by atoms with van der Waals surface area (Å²) < 4.78 is 6.48. The van der Waals surface area contributed by atoms with Crippen LogP contribution in [0.3, 0.4) is 0 Å². The number of nitrogens with zero attached hydrogens (tertiary/aromatic N) is 4. The van der Waals surface area contributed by atoms with Crippen molar-refractivity contribution in [1.82, 2.24) is 25.5 Å². The van der Waals surface area contributed by atoms with Gasteiger partial charge in [-0.15, -0.1) is 0 Å². The van der Waals surface area contributed by atoms with E-state index >= 15 is 0 Å². The van der Waals surface area contributed by atoms with Crippen LogP contribution in [0.5, 0.6) is 0 Å². The number of benzene rings is 2. The Balaban J connectivity index is 0.000000241. The van der Waals surface area contributed by atoms with Crippen LogP contribution in [0.4, 0.5) is 0 Å². The minimum Gasteiger partial charge on any atom is -0.366 e. The van der Waals surface area contributed by atoms with E-state index in [1.165, 1.54) is 24.9 Å². The molecule has 1 fully saturated rings. The minimum atomic E-state index is -0.455. The van der Waals surface area contributed by atoms with Crippen molar-refractivity contribution in [2.45, 2.75) is 50.5 Å². The zero-order valence-corrected chi connectivity index (χ0v) is 26.1. The Kier molecular flexibility index (Phi) is 13.5. The molecule has 1 aliphatic heterocycles. The summed E-state index contributed by atoms with van der Waals surface area (Å²) >= 11 is 7.85. The maximum atomic E-state index is 8.43. The van der Waals surface area contributed by atoms with Gasteiger partial charge < -0.3 is 19.9 Å². The molecule has 2 atom stereocenters. The van der Waals surface area contributed by atoms with Crippen molar-refractivity contribution in [3.8, 4) is 6.19 Å². The summed E-state index contributed by atoms with van der Waals surface area (Å²) in [5, 5.41) is 14.7. The maximum Gasteiger partial charge on any atom is 0.204 e. The number of imidazole rings is 1. The fourth-order valence-corrected chi connectivity index (χ4v) is 5.78. The number of aromatic nitrogens is 2. The minimum absolute atomic E-state index is 0.455. The van der Waals surface area contributed by atoms with Crippen LogP contribution in [0.1, 0.15) is 48.7 Å². The fourth-order valence-electron chi connectivity index (χ4n) is 4.78. The molecular weight excluding hydrogens is 554 g/mol. The first-order chi connectivity index (χ1) is 19.9. The number of guanidine groups is 1. The van der Waals surface area contributed by atoms with Crippen LogP contribution < -0.4 is 10.6 Å². The molecule has 0 aliphatic carbocycles. The lowest BCUT2D eigenvalue weighted by molar-refractivity contribution is -0.0117. The maximum absolute atomic E-state index is 8.43. The van der Waals surface area contributed by atoms with E-state index in [0.29, 0.717) is 12.0 Å². The second-order valence-electron chi connectivity index (χ2n) is 10.1. The number of aromatic amines is 1. The molecule has 41 heavy (non-hydrogen) atoms. The van der Waals surface area contributed by atoms with Gasteiger partial charge >= 0.3 is 0 Å². The second kappa shape index (κ2) is 17.0. The number of H-pyrrole nitrogens is 1. The van der Waals surface area contributed by atoms with Crippen LogP contribution in [0.15, 0.2) is 65.9 Å². The first-order valence-electron chi connectivity index (χ1n) is 14.0. The number of rotatable bonds is 11. The Morgan fingerprint density at radius 2 is 1.98 bits per heavy atom. The summed E-state index contributed by atoms with van der Waals surface area (Å²) in [6.45, 7) is 6.89. The number of hydrogen-bond donors (Lipinski definition) is 3. The number of ether oxygens (including phenoxy) is 1. The van der Waals surface area contributed by atoms with Gasteiger partial charge in [0.2, 0.25) is 5.96 Å². The highest BCUT2D eigenvalue weighted by Gasteiger charge is 2.30. The molecule has 0 radical (unpaired) electrons. The van der Waals surface area contributed by atoms with E-state index in [4.69, 9.17) is 21.6 Å². The third-order valence-electron chi connectivity index (χ3n) is 7.34. The van der Waals surface area contributed by atoms with Crippen molar-refractivity contribution < 1.29 is 4.74 Å². The van der Waals surface area contributed by atoms with Crippen molar-refractivity contribution in [1.29, 1.82) is 5.26 Å². The van der Waals surface area contributed by atoms with Gasteiger partial charge in [0.1, 0.15) is 5.60 Å². The highest BCUT2D eigenvalue weighted by atomic mass is 35.5. The molecule has 2 aromatic carbocycles. The Hall–Kier alpha value is -3.03. The third kappa shape index (κ3) is 10.1. The zero-order chi connectivity index (χ0) is 29.5. The molecule has 1 saturated heterocycles. The molecular formula is C31H42ClN7OS. The second-order valence-corrected chi connectivity index (χ2v) is 11.6. The van der Waals surface area contributed by atoms with Crippen LogP contribution in [0.2, 0.25) is 5.02 Å². The molecule has 0 saturated carbocycles. The van der Waals surface area contributed by atoms with Gasteiger partial charge in [0.05, 0.1) is 12.0 Å². The molecule has 3 N–H and O–H groups in total. The molecule has 2 heterocycles. The summed E-state index contributed by atoms with van der Waals surface area (Å²) in [5.74, 6) is 2.32. The van der Waals surface area contributed by atoms with Gasteiger partial charge in [-0.1, -0.05) is 54.1 Å². The predicted octanol–water partition coefficient (Wildman–Crippen LogP) is 5.70. The van der Waals surface area contributed by atoms with Gasteiger partial charge in [0, 0.05) is 48.5 Å². The number of thioether (sulfide) groups is 1. The highest BCUT2D eigenvalue weighted by Crippen LogP contribution is 2.34. The normalized spacial score (nSPS) is 16.8. The van der Waals surface area contributed by atoms with E-state index in [-0.39, 0.29) is 0 Å². The molecule has 3 aromatic rings. The van der Waals surface area contributed by atoms with Gasteiger partial charge in [-0.3, -0.25) is 10.3 Å². The van der Waals surface area contributed by atoms with E-state index in [2.05, 4.69) is 80.9 Å². The average molecular weight is 596 g/mol. The Labute approximate surface area is 254 Å². The lowest BCUT2D eigenvalue weighted by Crippen LogP contribution is -2.35. The Bertz CT molecular complexity index is 1250. The lowest BCUT2D eigenvalue weighted by atomic mass is 9.88. The highest BCUT2D eigenvalue weighted by molar-refractivity contribution is 7.98. The summed E-state index contributed by atoms with van der Waals surface area (Å²) in [6, 6.07) is 19.1. The third-order valence-corrected chi connectivity index (χ3v) is 8.57. The standard InChI is InChI=1S/C21H26ClNO.C10H16N6S/c1-21(17-7-4-3-5-8-17,18-10-12-19(22)13-11-18)24-16-14-20-9-6-15-23(20)2;1-8-9(16-7-15-8)5-17-4-3-13-10(12-2)14-6-11/h3-5,7-8,10-13,20H,6,9,14-16H2,1-2H3;7H,3-5H2,1-2H3,(H,15,16)(H2,12,13,14)/t20-,21-;/m1./s1. The average Bonchev–Trinajstić information content (AvgIpc) is 3.60. The van der Waals surface area contributed by atoms with Crippen LogP contribution in [-0.2, 0) is 16.1 Å². The van der Waals surface area contributed by atoms with Gasteiger partial charge in [0.15, 0.2) is 6.19 Å². The summed E-state index contributed by atoms with van der Waals surface area (Å²) in [7, 11) is 3.85. The van der Waals surface area contributed by atoms with Crippen molar-refractivity contribution in [2.24, 2.45) is 4.99 Å². The van der Waals surface area contributed by atoms with Gasteiger partial charge in [-0.05, 0) is 70.0 Å². The molecule has 1 aliphatic rings. The largest absolute Gasteiger partial charge is 0.366 e. The number of halogens is 1. The number of hydrogen-bond acceptors (Lipinski definition) is 6. The van der Waals surface area contributed by atoms with E-state index in [9.17, 15) is 0 Å². The summed E-state index contributed by atoms with van der Waals surface area (Å²) in [6.07, 6.45) is 7.19. The van der Waals surface area contributed by atoms with E-state index in [1.807, 2.05) is 31.3 Å². The van der Waals surface area contributed by atoms with Crippen LogP contribution in [0, 0.1) is 18.4 Å². The Morgan fingerprint density at radius 3 is 2.59 bits per heavy atom. The Morgan fingerprint density at radius 1 is 1.24 bits per heavy atom. The summed E-state index contributed by atoms with van der Waals surface area (Å²) in [4.78, 5) is 13.6. The van der Waals surface area contributed by atoms with E-state index in [0.717, 1.165) is 53.1 Å². The quantitative estimate of drug-likeness (QED) is 0.0859. The number of nitriles is 1. The van der Waals surface area contributed by atoms with Crippen molar-refractivity contribution in [2.75, 3.05) is 39.5 Å². The lowest BCUT2D eigenvalue weighted by Gasteiger charge is -2.32. The van der Waals surface area contributed by atoms with Gasteiger partial charge in [-0.25, -0.2) is 4.98 Å². The number of aryl methyl sites for hydroxylation is 1.